The van der Waals surface area contributed by atoms with E-state index in [2.05, 4.69) is 15.3 Å². The second kappa shape index (κ2) is 5.58. The third-order valence-electron chi connectivity index (χ3n) is 2.59. The van der Waals surface area contributed by atoms with Crippen molar-refractivity contribution in [2.75, 3.05) is 20.6 Å². The minimum absolute atomic E-state index is 0.137. The van der Waals surface area contributed by atoms with Crippen LogP contribution in [-0.2, 0) is 6.54 Å². The minimum Gasteiger partial charge on any atom is -0.336 e. The molecule has 0 saturated heterocycles. The van der Waals surface area contributed by atoms with Gasteiger partial charge in [-0.15, -0.1) is 0 Å². The summed E-state index contributed by atoms with van der Waals surface area (Å²) >= 11 is 11.1. The van der Waals surface area contributed by atoms with Gasteiger partial charge < -0.3 is 15.2 Å². The lowest BCUT2D eigenvalue weighted by Gasteiger charge is -2.12. The van der Waals surface area contributed by atoms with Crippen LogP contribution in [0.15, 0.2) is 12.3 Å². The van der Waals surface area contributed by atoms with Gasteiger partial charge in [0.05, 0.1) is 10.5 Å². The molecule has 0 bridgehead atoms. The van der Waals surface area contributed by atoms with Gasteiger partial charge in [-0.25, -0.2) is 9.78 Å². The van der Waals surface area contributed by atoms with E-state index in [9.17, 15) is 4.79 Å². The van der Waals surface area contributed by atoms with Gasteiger partial charge in [-0.05, 0) is 18.3 Å². The zero-order valence-electron chi connectivity index (χ0n) is 10.6. The Balaban J connectivity index is 2.15. The van der Waals surface area contributed by atoms with Crippen LogP contribution in [0.25, 0.3) is 11.2 Å². The predicted molar refractivity (Wildman–Crippen MR) is 77.0 cm³/mol. The van der Waals surface area contributed by atoms with Crippen molar-refractivity contribution in [1.29, 1.82) is 0 Å². The van der Waals surface area contributed by atoms with Gasteiger partial charge in [-0.2, -0.15) is 0 Å². The summed E-state index contributed by atoms with van der Waals surface area (Å²) in [5.41, 5.74) is 1.52. The summed E-state index contributed by atoms with van der Waals surface area (Å²) < 4.78 is 2.39. The maximum absolute atomic E-state index is 11.4. The average Bonchev–Trinajstić information content (AvgIpc) is 2.64. The van der Waals surface area contributed by atoms with E-state index in [1.807, 2.05) is 4.57 Å². The van der Waals surface area contributed by atoms with Crippen LogP contribution in [0.1, 0.15) is 0 Å². The Morgan fingerprint density at radius 3 is 3.05 bits per heavy atom. The van der Waals surface area contributed by atoms with Crippen LogP contribution in [0, 0.1) is 4.77 Å². The summed E-state index contributed by atoms with van der Waals surface area (Å²) in [6, 6.07) is 1.64. The van der Waals surface area contributed by atoms with E-state index in [1.54, 1.807) is 26.4 Å². The van der Waals surface area contributed by atoms with Crippen molar-refractivity contribution in [3.8, 4) is 0 Å². The fourth-order valence-electron chi connectivity index (χ4n) is 1.66. The van der Waals surface area contributed by atoms with Crippen LogP contribution in [0.5, 0.6) is 0 Å². The molecule has 6 nitrogen and oxygen atoms in total. The average molecular weight is 300 g/mol. The van der Waals surface area contributed by atoms with E-state index in [1.165, 1.54) is 4.90 Å². The number of fused-ring (bicyclic) bond motifs is 1. The molecule has 0 spiro atoms. The quantitative estimate of drug-likeness (QED) is 0.852. The van der Waals surface area contributed by atoms with Crippen molar-refractivity contribution >= 4 is 41.0 Å². The molecule has 2 N–H and O–H groups in total. The molecule has 8 heteroatoms. The number of nitrogens with one attached hydrogen (secondary N) is 2. The highest BCUT2D eigenvalue weighted by Gasteiger charge is 2.07. The summed E-state index contributed by atoms with van der Waals surface area (Å²) in [4.78, 5) is 20.2. The molecule has 2 heterocycles. The molecule has 2 rings (SSSR count). The summed E-state index contributed by atoms with van der Waals surface area (Å²) in [5, 5.41) is 3.33. The molecule has 0 aliphatic carbocycles. The Bertz CT molecular complexity index is 663. The Hall–Kier alpha value is -1.60. The molecule has 19 heavy (non-hydrogen) atoms. The van der Waals surface area contributed by atoms with Crippen LogP contribution in [0.4, 0.5) is 4.79 Å². The number of aromatic nitrogens is 3. The molecule has 0 unspecified atom stereocenters. The number of halogens is 1. The number of hydrogen-bond donors (Lipinski definition) is 2. The van der Waals surface area contributed by atoms with Crippen LogP contribution in [0.2, 0.25) is 5.02 Å². The topological polar surface area (TPSA) is 66.0 Å². The van der Waals surface area contributed by atoms with Crippen molar-refractivity contribution in [3.05, 3.63) is 22.1 Å². The van der Waals surface area contributed by atoms with Gasteiger partial charge in [0.25, 0.3) is 0 Å². The predicted octanol–water partition coefficient (Wildman–Crippen LogP) is 2.02. The van der Waals surface area contributed by atoms with Gasteiger partial charge in [0.2, 0.25) is 0 Å². The zero-order chi connectivity index (χ0) is 14.0. The highest BCUT2D eigenvalue weighted by molar-refractivity contribution is 7.71. The number of aromatic amines is 1. The lowest BCUT2D eigenvalue weighted by Crippen LogP contribution is -2.36. The van der Waals surface area contributed by atoms with Crippen molar-refractivity contribution in [2.45, 2.75) is 6.54 Å². The Morgan fingerprint density at radius 2 is 2.37 bits per heavy atom. The standard InChI is InChI=1S/C11H14ClN5OS/c1-16(2)10(18)13-3-4-17-9-8(15-11(17)19)5-7(12)6-14-9/h5-6H,3-4H2,1-2H3,(H,13,18)(H,15,19). The van der Waals surface area contributed by atoms with Gasteiger partial charge in [0, 0.05) is 33.4 Å². The number of carbonyl (C=O) groups is 1. The number of pyridine rings is 1. The van der Waals surface area contributed by atoms with E-state index in [-0.39, 0.29) is 6.03 Å². The van der Waals surface area contributed by atoms with Crippen LogP contribution < -0.4 is 5.32 Å². The summed E-state index contributed by atoms with van der Waals surface area (Å²) in [5.74, 6) is 0. The first-order valence-corrected chi connectivity index (χ1v) is 6.47. The number of rotatable bonds is 3. The first-order valence-electron chi connectivity index (χ1n) is 5.68. The normalized spacial score (nSPS) is 10.7. The number of carbonyl (C=O) groups excluding carboxylic acids is 1. The molecule has 0 fully saturated rings. The van der Waals surface area contributed by atoms with Gasteiger partial charge in [0.1, 0.15) is 0 Å². The van der Waals surface area contributed by atoms with E-state index < -0.39 is 0 Å². The molecule has 2 amide bonds. The van der Waals surface area contributed by atoms with E-state index in [0.29, 0.717) is 22.9 Å². The highest BCUT2D eigenvalue weighted by Crippen LogP contribution is 2.15. The smallest absolute Gasteiger partial charge is 0.316 e. The fraction of sp³-hybridized carbons (Fsp3) is 0.364. The molecule has 0 atom stereocenters. The van der Waals surface area contributed by atoms with Crippen molar-refractivity contribution in [2.24, 2.45) is 0 Å². The van der Waals surface area contributed by atoms with Crippen molar-refractivity contribution < 1.29 is 4.79 Å². The summed E-state index contributed by atoms with van der Waals surface area (Å²) in [6.45, 7) is 1.02. The molecule has 102 valence electrons. The number of nitrogens with zero attached hydrogens (tertiary/aromatic N) is 3. The lowest BCUT2D eigenvalue weighted by atomic mass is 10.4. The summed E-state index contributed by atoms with van der Waals surface area (Å²) in [7, 11) is 3.38. The number of amides is 2. The third-order valence-corrected chi connectivity index (χ3v) is 3.12. The lowest BCUT2D eigenvalue weighted by molar-refractivity contribution is 0.217. The molecule has 0 aliphatic heterocycles. The van der Waals surface area contributed by atoms with E-state index in [4.69, 9.17) is 23.8 Å². The summed E-state index contributed by atoms with van der Waals surface area (Å²) in [6.07, 6.45) is 1.57. The van der Waals surface area contributed by atoms with Crippen LogP contribution >= 0.6 is 23.8 Å². The Kier molecular flexibility index (Phi) is 4.06. The maximum atomic E-state index is 11.4. The first kappa shape index (κ1) is 13.8. The molecule has 2 aromatic rings. The first-order chi connectivity index (χ1) is 8.99. The van der Waals surface area contributed by atoms with Gasteiger partial charge >= 0.3 is 6.03 Å². The SMILES string of the molecule is CN(C)C(=O)NCCn1c(=S)[nH]c2cc(Cl)cnc21. The van der Waals surface area contributed by atoms with Crippen molar-refractivity contribution in [3.63, 3.8) is 0 Å². The van der Waals surface area contributed by atoms with Crippen LogP contribution in [0.3, 0.4) is 0 Å². The monoisotopic (exact) mass is 299 g/mol. The largest absolute Gasteiger partial charge is 0.336 e. The second-order valence-corrected chi connectivity index (χ2v) is 5.06. The molecular formula is C11H14ClN5OS. The van der Waals surface area contributed by atoms with E-state index in [0.717, 1.165) is 11.2 Å². The Labute approximate surface area is 120 Å². The van der Waals surface area contributed by atoms with Gasteiger partial charge in [-0.3, -0.25) is 4.57 Å². The minimum atomic E-state index is -0.137. The molecule has 0 aromatic carbocycles. The molecular weight excluding hydrogens is 286 g/mol. The number of urea groups is 1. The van der Waals surface area contributed by atoms with Gasteiger partial charge in [-0.1, -0.05) is 11.6 Å². The maximum Gasteiger partial charge on any atom is 0.316 e. The zero-order valence-corrected chi connectivity index (χ0v) is 12.2. The van der Waals surface area contributed by atoms with Crippen molar-refractivity contribution in [1.82, 2.24) is 24.8 Å². The number of imidazole rings is 1. The van der Waals surface area contributed by atoms with Gasteiger partial charge in [0.15, 0.2) is 10.4 Å². The molecule has 0 aliphatic rings. The molecule has 0 radical (unpaired) electrons. The highest BCUT2D eigenvalue weighted by atomic mass is 35.5. The van der Waals surface area contributed by atoms with E-state index >= 15 is 0 Å². The number of H-pyrrole nitrogens is 1. The fourth-order valence-corrected chi connectivity index (χ4v) is 2.10. The molecule has 2 aromatic heterocycles. The second-order valence-electron chi connectivity index (χ2n) is 4.23. The Morgan fingerprint density at radius 1 is 1.63 bits per heavy atom. The third kappa shape index (κ3) is 3.05. The molecule has 0 saturated carbocycles. The van der Waals surface area contributed by atoms with Crippen LogP contribution in [-0.4, -0.2) is 46.1 Å². The number of hydrogen-bond acceptors (Lipinski definition) is 3.